The van der Waals surface area contributed by atoms with Crippen molar-refractivity contribution in [1.82, 2.24) is 15.1 Å². The summed E-state index contributed by atoms with van der Waals surface area (Å²) in [7, 11) is 0. The predicted molar refractivity (Wildman–Crippen MR) is 108 cm³/mol. The normalized spacial score (nSPS) is 18.3. The number of nitrogens with zero attached hydrogens (tertiary/aromatic N) is 2. The smallest absolute Gasteiger partial charge is 0.239 e. The standard InChI is InChI=1S/C22H30N4O/c1-16(18-11-10-17-6-2-3-7-19(17)14-18)23-15-22(27)25-21-12-13-24-26(21)20-8-4-5-9-20/h10-14,16,20,23H,2-9,15H2,1H3,(H,25,27)/t16-/m1/s1. The molecule has 2 N–H and O–H groups in total. The Hall–Kier alpha value is -2.14. The van der Waals surface area contributed by atoms with Crippen LogP contribution in [0.4, 0.5) is 5.82 Å². The van der Waals surface area contributed by atoms with Crippen LogP contribution >= 0.6 is 0 Å². The van der Waals surface area contributed by atoms with Gasteiger partial charge in [-0.05, 0) is 62.1 Å². The summed E-state index contributed by atoms with van der Waals surface area (Å²) in [5.74, 6) is 0.801. The van der Waals surface area contributed by atoms with Crippen molar-refractivity contribution in [3.8, 4) is 0 Å². The molecule has 1 aromatic heterocycles. The molecule has 2 aliphatic rings. The van der Waals surface area contributed by atoms with Crippen LogP contribution in [0.25, 0.3) is 0 Å². The van der Waals surface area contributed by atoms with Gasteiger partial charge in [-0.25, -0.2) is 4.68 Å². The summed E-state index contributed by atoms with van der Waals surface area (Å²) in [5, 5.41) is 10.8. The summed E-state index contributed by atoms with van der Waals surface area (Å²) >= 11 is 0. The fourth-order valence-corrected chi connectivity index (χ4v) is 4.43. The number of rotatable bonds is 6. The van der Waals surface area contributed by atoms with Crippen LogP contribution in [0.15, 0.2) is 30.5 Å². The van der Waals surface area contributed by atoms with Crippen LogP contribution in [-0.4, -0.2) is 22.2 Å². The Morgan fingerprint density at radius 3 is 2.74 bits per heavy atom. The molecule has 0 spiro atoms. The van der Waals surface area contributed by atoms with E-state index < -0.39 is 0 Å². The van der Waals surface area contributed by atoms with Crippen molar-refractivity contribution in [2.45, 2.75) is 70.4 Å². The van der Waals surface area contributed by atoms with Gasteiger partial charge in [0, 0.05) is 12.1 Å². The second kappa shape index (κ2) is 8.26. The minimum absolute atomic E-state index is 0.0143. The summed E-state index contributed by atoms with van der Waals surface area (Å²) in [6.45, 7) is 2.43. The lowest BCUT2D eigenvalue weighted by atomic mass is 9.89. The zero-order valence-electron chi connectivity index (χ0n) is 16.2. The molecular weight excluding hydrogens is 336 g/mol. The van der Waals surface area contributed by atoms with Gasteiger partial charge in [0.2, 0.25) is 5.91 Å². The van der Waals surface area contributed by atoms with E-state index in [1.54, 1.807) is 6.20 Å². The Balaban J connectivity index is 1.32. The van der Waals surface area contributed by atoms with Gasteiger partial charge in [0.15, 0.2) is 0 Å². The van der Waals surface area contributed by atoms with Gasteiger partial charge in [0.1, 0.15) is 5.82 Å². The molecule has 2 aliphatic carbocycles. The highest BCUT2D eigenvalue weighted by molar-refractivity contribution is 5.91. The van der Waals surface area contributed by atoms with Crippen LogP contribution < -0.4 is 10.6 Å². The van der Waals surface area contributed by atoms with E-state index in [1.165, 1.54) is 55.2 Å². The van der Waals surface area contributed by atoms with Gasteiger partial charge < -0.3 is 10.6 Å². The van der Waals surface area contributed by atoms with Gasteiger partial charge in [-0.2, -0.15) is 5.10 Å². The minimum Gasteiger partial charge on any atom is -0.310 e. The van der Waals surface area contributed by atoms with Crippen molar-refractivity contribution < 1.29 is 4.79 Å². The van der Waals surface area contributed by atoms with Crippen LogP contribution in [0.5, 0.6) is 0 Å². The highest BCUT2D eigenvalue weighted by Gasteiger charge is 2.20. The Morgan fingerprint density at radius 1 is 1.15 bits per heavy atom. The summed E-state index contributed by atoms with van der Waals surface area (Å²) in [6.07, 6.45) is 11.5. The van der Waals surface area contributed by atoms with Crippen LogP contribution in [0.1, 0.15) is 74.2 Å². The molecule has 0 bridgehead atoms. The van der Waals surface area contributed by atoms with Crippen LogP contribution in [0, 0.1) is 0 Å². The SMILES string of the molecule is C[C@@H](NCC(=O)Nc1ccnn1C1CCCC1)c1ccc2c(c1)CCCC2. The van der Waals surface area contributed by atoms with Crippen molar-refractivity contribution in [1.29, 1.82) is 0 Å². The first-order chi connectivity index (χ1) is 13.2. The molecule has 1 saturated carbocycles. The van der Waals surface area contributed by atoms with Gasteiger partial charge >= 0.3 is 0 Å². The van der Waals surface area contributed by atoms with E-state index >= 15 is 0 Å². The number of carbonyl (C=O) groups excluding carboxylic acids is 1. The topological polar surface area (TPSA) is 59.0 Å². The average Bonchev–Trinajstić information content (AvgIpc) is 3.37. The maximum atomic E-state index is 12.4. The molecule has 5 heteroatoms. The second-order valence-electron chi connectivity index (χ2n) is 7.99. The first-order valence-corrected chi connectivity index (χ1v) is 10.4. The quantitative estimate of drug-likeness (QED) is 0.807. The first-order valence-electron chi connectivity index (χ1n) is 10.4. The molecule has 1 fully saturated rings. The van der Waals surface area contributed by atoms with E-state index in [4.69, 9.17) is 0 Å². The van der Waals surface area contributed by atoms with Gasteiger partial charge in [-0.1, -0.05) is 31.0 Å². The molecule has 1 heterocycles. The number of carbonyl (C=O) groups is 1. The number of hydrogen-bond donors (Lipinski definition) is 2. The monoisotopic (exact) mass is 366 g/mol. The first kappa shape index (κ1) is 18.2. The molecule has 1 aromatic carbocycles. The number of aryl methyl sites for hydroxylation is 2. The number of aromatic nitrogens is 2. The molecule has 0 aliphatic heterocycles. The fourth-order valence-electron chi connectivity index (χ4n) is 4.43. The van der Waals surface area contributed by atoms with Gasteiger partial charge in [0.05, 0.1) is 18.8 Å². The van der Waals surface area contributed by atoms with E-state index in [0.717, 1.165) is 18.7 Å². The van der Waals surface area contributed by atoms with Gasteiger partial charge in [-0.3, -0.25) is 4.79 Å². The maximum Gasteiger partial charge on any atom is 0.239 e. The van der Waals surface area contributed by atoms with Crippen LogP contribution in [0.2, 0.25) is 0 Å². The molecule has 1 atom stereocenters. The Morgan fingerprint density at radius 2 is 1.93 bits per heavy atom. The van der Waals surface area contributed by atoms with E-state index in [9.17, 15) is 4.79 Å². The lowest BCUT2D eigenvalue weighted by molar-refractivity contribution is -0.115. The summed E-state index contributed by atoms with van der Waals surface area (Å²) in [5.41, 5.74) is 4.24. The average molecular weight is 367 g/mol. The van der Waals surface area contributed by atoms with E-state index in [0.29, 0.717) is 12.6 Å². The summed E-state index contributed by atoms with van der Waals surface area (Å²) in [4.78, 5) is 12.4. The molecule has 1 amide bonds. The number of amides is 1. The number of anilines is 1. The van der Waals surface area contributed by atoms with Crippen molar-refractivity contribution in [3.63, 3.8) is 0 Å². The zero-order chi connectivity index (χ0) is 18.6. The molecule has 144 valence electrons. The highest BCUT2D eigenvalue weighted by Crippen LogP contribution is 2.31. The molecule has 27 heavy (non-hydrogen) atoms. The van der Waals surface area contributed by atoms with Crippen molar-refractivity contribution >= 4 is 11.7 Å². The molecule has 5 nitrogen and oxygen atoms in total. The molecule has 4 rings (SSSR count). The van der Waals surface area contributed by atoms with Gasteiger partial charge in [0.25, 0.3) is 0 Å². The van der Waals surface area contributed by atoms with E-state index in [2.05, 4.69) is 40.9 Å². The number of hydrogen-bond acceptors (Lipinski definition) is 3. The lowest BCUT2D eigenvalue weighted by Gasteiger charge is -2.20. The predicted octanol–water partition coefficient (Wildman–Crippen LogP) is 4.17. The number of nitrogens with one attached hydrogen (secondary N) is 2. The third kappa shape index (κ3) is 4.24. The van der Waals surface area contributed by atoms with Gasteiger partial charge in [-0.15, -0.1) is 0 Å². The van der Waals surface area contributed by atoms with E-state index in [1.807, 2.05) is 10.7 Å². The number of fused-ring (bicyclic) bond motifs is 1. The molecule has 0 radical (unpaired) electrons. The minimum atomic E-state index is -0.0143. The molecule has 2 aromatic rings. The molecule has 0 unspecified atom stereocenters. The Kier molecular flexibility index (Phi) is 5.58. The maximum absolute atomic E-state index is 12.4. The fraction of sp³-hybridized carbons (Fsp3) is 0.545. The lowest BCUT2D eigenvalue weighted by Crippen LogP contribution is -2.31. The summed E-state index contributed by atoms with van der Waals surface area (Å²) in [6, 6.07) is 9.26. The largest absolute Gasteiger partial charge is 0.310 e. The zero-order valence-corrected chi connectivity index (χ0v) is 16.2. The Labute approximate surface area is 161 Å². The van der Waals surface area contributed by atoms with Crippen molar-refractivity contribution in [3.05, 3.63) is 47.2 Å². The third-order valence-electron chi connectivity index (χ3n) is 6.05. The Bertz CT molecular complexity index is 791. The molecular formula is C22H30N4O. The molecule has 0 saturated heterocycles. The number of benzene rings is 1. The van der Waals surface area contributed by atoms with Crippen LogP contribution in [-0.2, 0) is 17.6 Å². The van der Waals surface area contributed by atoms with E-state index in [-0.39, 0.29) is 11.9 Å². The summed E-state index contributed by atoms with van der Waals surface area (Å²) < 4.78 is 1.98. The van der Waals surface area contributed by atoms with Crippen LogP contribution in [0.3, 0.4) is 0 Å². The third-order valence-corrected chi connectivity index (χ3v) is 6.05. The second-order valence-corrected chi connectivity index (χ2v) is 7.99. The van der Waals surface area contributed by atoms with Crippen molar-refractivity contribution in [2.75, 3.05) is 11.9 Å². The highest BCUT2D eigenvalue weighted by atomic mass is 16.2. The van der Waals surface area contributed by atoms with Crippen molar-refractivity contribution in [2.24, 2.45) is 0 Å².